The Labute approximate surface area is 97.5 Å². The maximum absolute atomic E-state index is 5.68. The van der Waals surface area contributed by atoms with Gasteiger partial charge in [-0.2, -0.15) is 4.98 Å². The minimum atomic E-state index is 0.435. The smallest absolute Gasteiger partial charge is 0.261 e. The number of furan rings is 1. The van der Waals surface area contributed by atoms with Crippen LogP contribution < -0.4 is 4.74 Å². The van der Waals surface area contributed by atoms with E-state index in [1.165, 1.54) is 6.33 Å². The van der Waals surface area contributed by atoms with Gasteiger partial charge in [0.1, 0.15) is 11.8 Å². The second kappa shape index (κ2) is 3.41. The lowest BCUT2D eigenvalue weighted by Gasteiger charge is -1.97. The molecule has 5 heteroatoms. The van der Waals surface area contributed by atoms with Gasteiger partial charge in [0.05, 0.1) is 12.5 Å². The normalized spacial score (nSPS) is 11.2. The third-order valence-electron chi connectivity index (χ3n) is 2.71. The van der Waals surface area contributed by atoms with E-state index in [-0.39, 0.29) is 0 Å². The molecular formula is C12H11N3O2. The molecule has 0 spiro atoms. The molecular weight excluding hydrogens is 218 g/mol. The quantitative estimate of drug-likeness (QED) is 0.641. The largest absolute Gasteiger partial charge is 0.478 e. The number of hydrogen-bond acceptors (Lipinski definition) is 5. The summed E-state index contributed by atoms with van der Waals surface area (Å²) < 4.78 is 10.8. The van der Waals surface area contributed by atoms with Gasteiger partial charge in [-0.15, -0.1) is 0 Å². The Morgan fingerprint density at radius 2 is 2.06 bits per heavy atom. The van der Waals surface area contributed by atoms with Gasteiger partial charge in [-0.1, -0.05) is 0 Å². The van der Waals surface area contributed by atoms with E-state index in [0.717, 1.165) is 22.2 Å². The Bertz CT molecular complexity index is 718. The van der Waals surface area contributed by atoms with Crippen LogP contribution in [0, 0.1) is 13.8 Å². The van der Waals surface area contributed by atoms with Crippen molar-refractivity contribution in [3.05, 3.63) is 23.7 Å². The van der Waals surface area contributed by atoms with Gasteiger partial charge in [-0.3, -0.25) is 0 Å². The molecule has 3 aromatic heterocycles. The SMILES string of the molecule is COc1ncnc2c1oc1nc(C)cc(C)c12. The fourth-order valence-electron chi connectivity index (χ4n) is 2.03. The lowest BCUT2D eigenvalue weighted by molar-refractivity contribution is 0.394. The summed E-state index contributed by atoms with van der Waals surface area (Å²) >= 11 is 0. The van der Waals surface area contributed by atoms with Gasteiger partial charge in [0.25, 0.3) is 5.88 Å². The van der Waals surface area contributed by atoms with E-state index in [9.17, 15) is 0 Å². The monoisotopic (exact) mass is 229 g/mol. The Morgan fingerprint density at radius 1 is 1.24 bits per heavy atom. The van der Waals surface area contributed by atoms with Crippen molar-refractivity contribution in [1.82, 2.24) is 15.0 Å². The number of methoxy groups -OCH3 is 1. The van der Waals surface area contributed by atoms with Crippen LogP contribution in [0.4, 0.5) is 0 Å². The number of nitrogens with zero attached hydrogens (tertiary/aromatic N) is 3. The summed E-state index contributed by atoms with van der Waals surface area (Å²) in [5.74, 6) is 0.435. The van der Waals surface area contributed by atoms with E-state index in [1.807, 2.05) is 19.9 Å². The van der Waals surface area contributed by atoms with E-state index in [4.69, 9.17) is 9.15 Å². The molecule has 0 amide bonds. The number of ether oxygens (including phenoxy) is 1. The molecule has 0 saturated heterocycles. The summed E-state index contributed by atoms with van der Waals surface area (Å²) in [6.07, 6.45) is 1.47. The van der Waals surface area contributed by atoms with Crippen LogP contribution in [-0.4, -0.2) is 22.1 Å². The van der Waals surface area contributed by atoms with Crippen LogP contribution in [0.1, 0.15) is 11.3 Å². The molecule has 0 atom stereocenters. The third-order valence-corrected chi connectivity index (χ3v) is 2.71. The van der Waals surface area contributed by atoms with Crippen molar-refractivity contribution >= 4 is 22.2 Å². The predicted molar refractivity (Wildman–Crippen MR) is 63.1 cm³/mol. The van der Waals surface area contributed by atoms with Crippen molar-refractivity contribution in [3.63, 3.8) is 0 Å². The van der Waals surface area contributed by atoms with Gasteiger partial charge in [0.2, 0.25) is 11.3 Å². The highest BCUT2D eigenvalue weighted by molar-refractivity contribution is 6.04. The average Bonchev–Trinajstić information content (AvgIpc) is 2.66. The maximum Gasteiger partial charge on any atom is 0.261 e. The number of rotatable bonds is 1. The Morgan fingerprint density at radius 3 is 2.82 bits per heavy atom. The minimum Gasteiger partial charge on any atom is -0.478 e. The van der Waals surface area contributed by atoms with Crippen LogP contribution in [-0.2, 0) is 0 Å². The van der Waals surface area contributed by atoms with Crippen LogP contribution in [0.2, 0.25) is 0 Å². The van der Waals surface area contributed by atoms with Crippen LogP contribution in [0.3, 0.4) is 0 Å². The summed E-state index contributed by atoms with van der Waals surface area (Å²) in [4.78, 5) is 12.6. The molecule has 0 N–H and O–H groups in total. The molecule has 0 bridgehead atoms. The predicted octanol–water partition coefficient (Wildman–Crippen LogP) is 2.40. The first-order valence-electron chi connectivity index (χ1n) is 5.26. The summed E-state index contributed by atoms with van der Waals surface area (Å²) in [6.45, 7) is 3.95. The van der Waals surface area contributed by atoms with E-state index >= 15 is 0 Å². The summed E-state index contributed by atoms with van der Waals surface area (Å²) in [5.41, 5.74) is 3.88. The molecule has 0 radical (unpaired) electrons. The minimum absolute atomic E-state index is 0.435. The molecule has 0 saturated carbocycles. The van der Waals surface area contributed by atoms with E-state index in [1.54, 1.807) is 7.11 Å². The van der Waals surface area contributed by atoms with Gasteiger partial charge < -0.3 is 9.15 Å². The van der Waals surface area contributed by atoms with E-state index in [2.05, 4.69) is 15.0 Å². The van der Waals surface area contributed by atoms with Crippen LogP contribution in [0.15, 0.2) is 16.8 Å². The zero-order valence-electron chi connectivity index (χ0n) is 9.81. The summed E-state index contributed by atoms with van der Waals surface area (Å²) in [7, 11) is 1.56. The molecule has 0 aromatic carbocycles. The first kappa shape index (κ1) is 10.0. The number of hydrogen-bond donors (Lipinski definition) is 0. The number of pyridine rings is 1. The van der Waals surface area contributed by atoms with Gasteiger partial charge >= 0.3 is 0 Å². The fourth-order valence-corrected chi connectivity index (χ4v) is 2.03. The third kappa shape index (κ3) is 1.35. The van der Waals surface area contributed by atoms with Crippen molar-refractivity contribution < 1.29 is 9.15 Å². The first-order chi connectivity index (χ1) is 8.20. The second-order valence-corrected chi connectivity index (χ2v) is 3.92. The topological polar surface area (TPSA) is 61.0 Å². The molecule has 3 aromatic rings. The number of fused-ring (bicyclic) bond motifs is 3. The van der Waals surface area contributed by atoms with E-state index < -0.39 is 0 Å². The summed E-state index contributed by atoms with van der Waals surface area (Å²) in [5, 5.41) is 0.923. The zero-order valence-corrected chi connectivity index (χ0v) is 9.81. The molecule has 0 aliphatic heterocycles. The Kier molecular flexibility index (Phi) is 2.01. The number of aryl methyl sites for hydroxylation is 2. The highest BCUT2D eigenvalue weighted by atomic mass is 16.5. The van der Waals surface area contributed by atoms with Gasteiger partial charge in [0, 0.05) is 5.69 Å². The van der Waals surface area contributed by atoms with E-state index in [0.29, 0.717) is 17.2 Å². The molecule has 0 aliphatic rings. The molecule has 5 nitrogen and oxygen atoms in total. The molecule has 0 aliphatic carbocycles. The molecule has 3 heterocycles. The second-order valence-electron chi connectivity index (χ2n) is 3.92. The number of aromatic nitrogens is 3. The van der Waals surface area contributed by atoms with Crippen LogP contribution in [0.5, 0.6) is 5.88 Å². The van der Waals surface area contributed by atoms with Crippen molar-refractivity contribution in [2.45, 2.75) is 13.8 Å². The maximum atomic E-state index is 5.68. The fraction of sp³-hybridized carbons (Fsp3) is 0.250. The van der Waals surface area contributed by atoms with Crippen LogP contribution in [0.25, 0.3) is 22.2 Å². The van der Waals surface area contributed by atoms with Crippen LogP contribution >= 0.6 is 0 Å². The zero-order chi connectivity index (χ0) is 12.0. The Hall–Kier alpha value is -2.17. The van der Waals surface area contributed by atoms with Gasteiger partial charge in [-0.25, -0.2) is 9.97 Å². The van der Waals surface area contributed by atoms with Gasteiger partial charge in [0.15, 0.2) is 0 Å². The van der Waals surface area contributed by atoms with Crippen molar-refractivity contribution in [2.24, 2.45) is 0 Å². The molecule has 17 heavy (non-hydrogen) atoms. The first-order valence-corrected chi connectivity index (χ1v) is 5.26. The molecule has 0 fully saturated rings. The van der Waals surface area contributed by atoms with Crippen molar-refractivity contribution in [1.29, 1.82) is 0 Å². The average molecular weight is 229 g/mol. The van der Waals surface area contributed by atoms with Crippen molar-refractivity contribution in [3.8, 4) is 5.88 Å². The standard InChI is InChI=1S/C12H11N3O2/c1-6-4-7(2)15-11-8(6)9-10(17-11)12(16-3)14-5-13-9/h4-5H,1-3H3. The highest BCUT2D eigenvalue weighted by Gasteiger charge is 2.16. The summed E-state index contributed by atoms with van der Waals surface area (Å²) in [6, 6.07) is 2.01. The van der Waals surface area contributed by atoms with Crippen molar-refractivity contribution in [2.75, 3.05) is 7.11 Å². The Balaban J connectivity index is 2.54. The van der Waals surface area contributed by atoms with Gasteiger partial charge in [-0.05, 0) is 25.5 Å². The molecule has 3 rings (SSSR count). The molecule has 0 unspecified atom stereocenters. The lowest BCUT2D eigenvalue weighted by Crippen LogP contribution is -1.88. The molecule has 86 valence electrons. The highest BCUT2D eigenvalue weighted by Crippen LogP contribution is 2.32. The lowest BCUT2D eigenvalue weighted by atomic mass is 10.1.